The second kappa shape index (κ2) is 5.98. The number of amides is 1. The number of hydrogen-bond acceptors (Lipinski definition) is 4. The van der Waals surface area contributed by atoms with Gasteiger partial charge in [-0.2, -0.15) is 10.2 Å². The Morgan fingerprint density at radius 1 is 1.53 bits per heavy atom. The maximum atomic E-state index is 12.0. The van der Waals surface area contributed by atoms with Gasteiger partial charge in [-0.15, -0.1) is 0 Å². The van der Waals surface area contributed by atoms with Crippen LogP contribution in [0.15, 0.2) is 23.1 Å². The fourth-order valence-corrected chi connectivity index (χ4v) is 2.04. The SMILES string of the molecule is CCOCn1cc(NC(=O)c2nn(C)cc2Br)cn1. The van der Waals surface area contributed by atoms with Gasteiger partial charge in [0.05, 0.1) is 22.6 Å². The van der Waals surface area contributed by atoms with Crippen molar-refractivity contribution in [3.63, 3.8) is 0 Å². The number of rotatable bonds is 5. The Balaban J connectivity index is 2.02. The molecule has 0 unspecified atom stereocenters. The molecule has 0 aliphatic rings. The van der Waals surface area contributed by atoms with Crippen molar-refractivity contribution in [3.05, 3.63) is 28.8 Å². The molecule has 0 bridgehead atoms. The monoisotopic (exact) mass is 327 g/mol. The van der Waals surface area contributed by atoms with E-state index in [0.717, 1.165) is 0 Å². The molecule has 7 nitrogen and oxygen atoms in total. The highest BCUT2D eigenvalue weighted by Gasteiger charge is 2.15. The summed E-state index contributed by atoms with van der Waals surface area (Å²) >= 11 is 3.29. The molecule has 1 amide bonds. The summed E-state index contributed by atoms with van der Waals surface area (Å²) in [5, 5.41) is 10.9. The molecule has 0 spiro atoms. The van der Waals surface area contributed by atoms with Crippen LogP contribution in [0.25, 0.3) is 0 Å². The highest BCUT2D eigenvalue weighted by Crippen LogP contribution is 2.16. The van der Waals surface area contributed by atoms with Gasteiger partial charge in [0.2, 0.25) is 0 Å². The molecule has 0 aliphatic carbocycles. The Bertz CT molecular complexity index is 577. The fourth-order valence-electron chi connectivity index (χ4n) is 1.49. The largest absolute Gasteiger partial charge is 0.360 e. The summed E-state index contributed by atoms with van der Waals surface area (Å²) in [6, 6.07) is 0. The third-order valence-electron chi connectivity index (χ3n) is 2.32. The van der Waals surface area contributed by atoms with Crippen LogP contribution in [0.4, 0.5) is 5.69 Å². The molecule has 0 saturated carbocycles. The molecule has 0 aliphatic heterocycles. The molecule has 1 N–H and O–H groups in total. The minimum Gasteiger partial charge on any atom is -0.360 e. The summed E-state index contributed by atoms with van der Waals surface area (Å²) in [5.41, 5.74) is 0.933. The van der Waals surface area contributed by atoms with E-state index in [2.05, 4.69) is 31.4 Å². The van der Waals surface area contributed by atoms with E-state index in [1.807, 2.05) is 6.92 Å². The van der Waals surface area contributed by atoms with E-state index in [9.17, 15) is 4.79 Å². The van der Waals surface area contributed by atoms with Crippen molar-refractivity contribution in [2.24, 2.45) is 7.05 Å². The molecule has 0 fully saturated rings. The Kier molecular flexibility index (Phi) is 4.33. The molecule has 19 heavy (non-hydrogen) atoms. The number of halogens is 1. The summed E-state index contributed by atoms with van der Waals surface area (Å²) < 4.78 is 9.03. The smallest absolute Gasteiger partial charge is 0.277 e. The first-order valence-corrected chi connectivity index (χ1v) is 6.50. The Hall–Kier alpha value is -1.67. The Labute approximate surface area is 118 Å². The molecule has 102 valence electrons. The lowest BCUT2D eigenvalue weighted by molar-refractivity contribution is 0.0792. The number of carbonyl (C=O) groups excluding carboxylic acids is 1. The highest BCUT2D eigenvalue weighted by molar-refractivity contribution is 9.10. The normalized spacial score (nSPS) is 10.7. The third-order valence-corrected chi connectivity index (χ3v) is 2.90. The molecule has 0 aromatic carbocycles. The first-order chi connectivity index (χ1) is 9.10. The maximum Gasteiger partial charge on any atom is 0.277 e. The lowest BCUT2D eigenvalue weighted by Crippen LogP contribution is -2.13. The van der Waals surface area contributed by atoms with Crippen LogP contribution in [-0.2, 0) is 18.5 Å². The average molecular weight is 328 g/mol. The van der Waals surface area contributed by atoms with Gasteiger partial charge >= 0.3 is 0 Å². The number of aryl methyl sites for hydroxylation is 1. The molecule has 2 aromatic heterocycles. The van der Waals surface area contributed by atoms with Crippen LogP contribution in [-0.4, -0.2) is 32.1 Å². The first-order valence-electron chi connectivity index (χ1n) is 5.71. The summed E-state index contributed by atoms with van der Waals surface area (Å²) in [6.45, 7) is 2.88. The minimum atomic E-state index is -0.288. The summed E-state index contributed by atoms with van der Waals surface area (Å²) in [7, 11) is 1.75. The Morgan fingerprint density at radius 2 is 2.32 bits per heavy atom. The van der Waals surface area contributed by atoms with Crippen molar-refractivity contribution >= 4 is 27.5 Å². The van der Waals surface area contributed by atoms with E-state index in [-0.39, 0.29) is 5.91 Å². The van der Waals surface area contributed by atoms with Gasteiger partial charge in [-0.25, -0.2) is 4.68 Å². The van der Waals surface area contributed by atoms with Crippen molar-refractivity contribution < 1.29 is 9.53 Å². The second-order valence-corrected chi connectivity index (χ2v) is 4.70. The predicted octanol–water partition coefficient (Wildman–Crippen LogP) is 1.63. The zero-order valence-corrected chi connectivity index (χ0v) is 12.2. The zero-order valence-electron chi connectivity index (χ0n) is 10.6. The van der Waals surface area contributed by atoms with E-state index in [4.69, 9.17) is 4.74 Å². The van der Waals surface area contributed by atoms with Gasteiger partial charge in [-0.1, -0.05) is 0 Å². The molecular weight excluding hydrogens is 314 g/mol. The van der Waals surface area contributed by atoms with E-state index < -0.39 is 0 Å². The van der Waals surface area contributed by atoms with Crippen molar-refractivity contribution in [2.75, 3.05) is 11.9 Å². The molecule has 2 aromatic rings. The lowest BCUT2D eigenvalue weighted by Gasteiger charge is -2.01. The number of carbonyl (C=O) groups is 1. The summed E-state index contributed by atoms with van der Waals surface area (Å²) in [5.74, 6) is -0.288. The Morgan fingerprint density at radius 3 is 2.95 bits per heavy atom. The molecular formula is C11H14BrN5O2. The molecule has 0 atom stereocenters. The van der Waals surface area contributed by atoms with Crippen LogP contribution >= 0.6 is 15.9 Å². The number of hydrogen-bond donors (Lipinski definition) is 1. The number of nitrogens with zero attached hydrogens (tertiary/aromatic N) is 4. The van der Waals surface area contributed by atoms with Crippen molar-refractivity contribution in [1.29, 1.82) is 0 Å². The summed E-state index contributed by atoms with van der Waals surface area (Å²) in [4.78, 5) is 12.0. The average Bonchev–Trinajstić information content (AvgIpc) is 2.93. The second-order valence-electron chi connectivity index (χ2n) is 3.84. The zero-order chi connectivity index (χ0) is 13.8. The maximum absolute atomic E-state index is 12.0. The first kappa shape index (κ1) is 13.8. The van der Waals surface area contributed by atoms with E-state index in [1.165, 1.54) is 0 Å². The molecule has 2 rings (SSSR count). The van der Waals surface area contributed by atoms with Crippen LogP contribution in [0.5, 0.6) is 0 Å². The number of anilines is 1. The standard InChI is InChI=1S/C11H14BrN5O2/c1-3-19-7-17-5-8(4-13-17)14-11(18)10-9(12)6-16(2)15-10/h4-6H,3,7H2,1-2H3,(H,14,18). The van der Waals surface area contributed by atoms with Gasteiger partial charge in [0, 0.05) is 19.9 Å². The fraction of sp³-hybridized carbons (Fsp3) is 0.364. The number of nitrogens with one attached hydrogen (secondary N) is 1. The van der Waals surface area contributed by atoms with Crippen LogP contribution in [0.3, 0.4) is 0 Å². The number of aromatic nitrogens is 4. The lowest BCUT2D eigenvalue weighted by atomic mass is 10.4. The van der Waals surface area contributed by atoms with Gasteiger partial charge < -0.3 is 10.1 Å². The third kappa shape index (κ3) is 3.42. The van der Waals surface area contributed by atoms with Gasteiger partial charge in [-0.05, 0) is 22.9 Å². The molecule has 0 saturated heterocycles. The molecule has 0 radical (unpaired) electrons. The van der Waals surface area contributed by atoms with Crippen LogP contribution in [0, 0.1) is 0 Å². The number of ether oxygens (including phenoxy) is 1. The molecule has 2 heterocycles. The van der Waals surface area contributed by atoms with Crippen LogP contribution < -0.4 is 5.32 Å². The van der Waals surface area contributed by atoms with E-state index >= 15 is 0 Å². The van der Waals surface area contributed by atoms with Gasteiger partial charge in [-0.3, -0.25) is 9.48 Å². The van der Waals surface area contributed by atoms with E-state index in [1.54, 1.807) is 35.0 Å². The summed E-state index contributed by atoms with van der Waals surface area (Å²) in [6.07, 6.45) is 4.98. The van der Waals surface area contributed by atoms with E-state index in [0.29, 0.717) is 29.2 Å². The molecule has 8 heteroatoms. The van der Waals surface area contributed by atoms with Gasteiger partial charge in [0.25, 0.3) is 5.91 Å². The minimum absolute atomic E-state index is 0.288. The van der Waals surface area contributed by atoms with Crippen molar-refractivity contribution in [1.82, 2.24) is 19.6 Å². The quantitative estimate of drug-likeness (QED) is 0.905. The van der Waals surface area contributed by atoms with Gasteiger partial charge in [0.1, 0.15) is 6.73 Å². The van der Waals surface area contributed by atoms with Crippen LogP contribution in [0.1, 0.15) is 17.4 Å². The van der Waals surface area contributed by atoms with Crippen LogP contribution in [0.2, 0.25) is 0 Å². The topological polar surface area (TPSA) is 74.0 Å². The van der Waals surface area contributed by atoms with Gasteiger partial charge in [0.15, 0.2) is 5.69 Å². The predicted molar refractivity (Wildman–Crippen MR) is 72.7 cm³/mol. The van der Waals surface area contributed by atoms with Crippen molar-refractivity contribution in [2.45, 2.75) is 13.7 Å². The highest BCUT2D eigenvalue weighted by atomic mass is 79.9. The van der Waals surface area contributed by atoms with Crippen molar-refractivity contribution in [3.8, 4) is 0 Å².